The van der Waals surface area contributed by atoms with E-state index in [-0.39, 0.29) is 0 Å². The molecule has 136 valence electrons. The highest BCUT2D eigenvalue weighted by atomic mass is 35.5. The standard InChI is InChI=1S/C19H19Cl2N3OS/c1-11(2)24(4)10-22-16-8-12(3)17(9-14(16)21)25-19-18-13(20)6-5-7-15(18)23-26-19/h5-11H,1-4H3/b22-10-. The van der Waals surface area contributed by atoms with Crippen molar-refractivity contribution >= 4 is 57.7 Å². The van der Waals surface area contributed by atoms with Crippen LogP contribution in [0.3, 0.4) is 0 Å². The molecule has 7 heteroatoms. The Hall–Kier alpha value is -1.82. The third-order valence-corrected chi connectivity index (χ3v) is 5.42. The van der Waals surface area contributed by atoms with Crippen LogP contribution >= 0.6 is 34.7 Å². The monoisotopic (exact) mass is 407 g/mol. The van der Waals surface area contributed by atoms with Crippen LogP contribution in [0, 0.1) is 6.92 Å². The summed E-state index contributed by atoms with van der Waals surface area (Å²) >= 11 is 14.0. The molecule has 0 atom stereocenters. The molecular weight excluding hydrogens is 389 g/mol. The molecule has 0 N–H and O–H groups in total. The molecule has 0 aliphatic carbocycles. The van der Waals surface area contributed by atoms with Crippen molar-refractivity contribution in [1.82, 2.24) is 9.27 Å². The van der Waals surface area contributed by atoms with Crippen molar-refractivity contribution in [3.05, 3.63) is 45.9 Å². The molecule has 0 amide bonds. The first kappa shape index (κ1) is 19.0. The average molecular weight is 408 g/mol. The predicted octanol–water partition coefficient (Wildman–Crippen LogP) is 6.70. The van der Waals surface area contributed by atoms with Gasteiger partial charge in [0.05, 0.1) is 33.0 Å². The van der Waals surface area contributed by atoms with Crippen molar-refractivity contribution in [3.8, 4) is 10.8 Å². The number of ether oxygens (including phenoxy) is 1. The van der Waals surface area contributed by atoms with Gasteiger partial charge in [-0.05, 0) is 44.5 Å². The third kappa shape index (κ3) is 3.95. The Bertz CT molecular complexity index is 969. The molecule has 1 heterocycles. The lowest BCUT2D eigenvalue weighted by Crippen LogP contribution is -2.24. The van der Waals surface area contributed by atoms with Crippen LogP contribution in [0.15, 0.2) is 35.3 Å². The summed E-state index contributed by atoms with van der Waals surface area (Å²) in [6, 6.07) is 9.67. The molecule has 0 fully saturated rings. The summed E-state index contributed by atoms with van der Waals surface area (Å²) in [5.74, 6) is 0.664. The lowest BCUT2D eigenvalue weighted by molar-refractivity contribution is 0.429. The molecule has 0 aliphatic rings. The summed E-state index contributed by atoms with van der Waals surface area (Å²) in [6.45, 7) is 6.16. The third-order valence-electron chi connectivity index (χ3n) is 4.06. The van der Waals surface area contributed by atoms with Gasteiger partial charge in [0, 0.05) is 30.7 Å². The molecule has 2 aromatic carbocycles. The minimum absolute atomic E-state index is 0.366. The minimum atomic E-state index is 0.366. The summed E-state index contributed by atoms with van der Waals surface area (Å²) in [5.41, 5.74) is 2.46. The van der Waals surface area contributed by atoms with Crippen LogP contribution in [0.25, 0.3) is 10.9 Å². The zero-order valence-electron chi connectivity index (χ0n) is 15.0. The van der Waals surface area contributed by atoms with E-state index < -0.39 is 0 Å². The van der Waals surface area contributed by atoms with Crippen molar-refractivity contribution in [2.24, 2.45) is 4.99 Å². The van der Waals surface area contributed by atoms with Crippen LogP contribution < -0.4 is 4.74 Å². The normalized spacial score (nSPS) is 11.7. The Balaban J connectivity index is 1.91. The summed E-state index contributed by atoms with van der Waals surface area (Å²) in [4.78, 5) is 6.49. The van der Waals surface area contributed by atoms with Crippen molar-refractivity contribution in [3.63, 3.8) is 0 Å². The number of aliphatic imine (C=N–C) groups is 1. The Labute approximate surface area is 167 Å². The Morgan fingerprint density at radius 2 is 2.00 bits per heavy atom. The maximum atomic E-state index is 6.40. The van der Waals surface area contributed by atoms with Crippen LogP contribution in [-0.4, -0.2) is 28.7 Å². The molecule has 0 aliphatic heterocycles. The zero-order chi connectivity index (χ0) is 18.8. The van der Waals surface area contributed by atoms with E-state index in [1.807, 2.05) is 43.1 Å². The van der Waals surface area contributed by atoms with Crippen molar-refractivity contribution in [2.45, 2.75) is 26.8 Å². The SMILES string of the molecule is Cc1cc(/N=C\N(C)C(C)C)c(Cl)cc1Oc1snc2cccc(Cl)c12. The number of hydrogen-bond donors (Lipinski definition) is 0. The first-order valence-corrected chi connectivity index (χ1v) is 9.67. The smallest absolute Gasteiger partial charge is 0.209 e. The molecule has 4 nitrogen and oxygen atoms in total. The second kappa shape index (κ2) is 7.82. The zero-order valence-corrected chi connectivity index (χ0v) is 17.3. The van der Waals surface area contributed by atoms with Gasteiger partial charge < -0.3 is 9.64 Å². The highest BCUT2D eigenvalue weighted by molar-refractivity contribution is 7.09. The lowest BCUT2D eigenvalue weighted by atomic mass is 10.2. The predicted molar refractivity (Wildman–Crippen MR) is 112 cm³/mol. The van der Waals surface area contributed by atoms with Gasteiger partial charge in [-0.1, -0.05) is 29.3 Å². The number of aryl methyl sites for hydroxylation is 1. The number of fused-ring (bicyclic) bond motifs is 1. The maximum absolute atomic E-state index is 6.40. The molecule has 0 spiro atoms. The summed E-state index contributed by atoms with van der Waals surface area (Å²) in [7, 11) is 1.98. The Morgan fingerprint density at radius 1 is 1.23 bits per heavy atom. The highest BCUT2D eigenvalue weighted by Crippen LogP contribution is 2.41. The van der Waals surface area contributed by atoms with Crippen LogP contribution in [0.4, 0.5) is 5.69 Å². The molecule has 0 unspecified atom stereocenters. The number of rotatable bonds is 5. The Kier molecular flexibility index (Phi) is 5.70. The first-order valence-electron chi connectivity index (χ1n) is 8.15. The van der Waals surface area contributed by atoms with Crippen molar-refractivity contribution in [1.29, 1.82) is 0 Å². The van der Waals surface area contributed by atoms with Gasteiger partial charge in [-0.2, -0.15) is 4.37 Å². The molecule has 0 saturated heterocycles. The number of hydrogen-bond acceptors (Lipinski definition) is 4. The number of benzene rings is 2. The molecular formula is C19H19Cl2N3OS. The van der Waals surface area contributed by atoms with Gasteiger partial charge >= 0.3 is 0 Å². The topological polar surface area (TPSA) is 37.7 Å². The van der Waals surface area contributed by atoms with Gasteiger partial charge in [-0.15, -0.1) is 0 Å². The van der Waals surface area contributed by atoms with E-state index in [4.69, 9.17) is 27.9 Å². The van der Waals surface area contributed by atoms with E-state index >= 15 is 0 Å². The lowest BCUT2D eigenvalue weighted by Gasteiger charge is -2.17. The second-order valence-corrected chi connectivity index (χ2v) is 7.83. The number of nitrogens with zero attached hydrogens (tertiary/aromatic N) is 3. The second-order valence-electron chi connectivity index (χ2n) is 6.28. The molecule has 3 rings (SSSR count). The quantitative estimate of drug-likeness (QED) is 0.348. The van der Waals surface area contributed by atoms with Crippen LogP contribution in [-0.2, 0) is 0 Å². The summed E-state index contributed by atoms with van der Waals surface area (Å²) in [5, 5.41) is 2.61. The summed E-state index contributed by atoms with van der Waals surface area (Å²) in [6.07, 6.45) is 1.78. The number of aromatic nitrogens is 1. The van der Waals surface area contributed by atoms with E-state index in [1.54, 1.807) is 12.4 Å². The van der Waals surface area contributed by atoms with Gasteiger partial charge in [0.25, 0.3) is 0 Å². The van der Waals surface area contributed by atoms with E-state index in [0.717, 1.165) is 16.5 Å². The minimum Gasteiger partial charge on any atom is -0.444 e. The molecule has 1 aromatic heterocycles. The largest absolute Gasteiger partial charge is 0.444 e. The molecule has 0 saturated carbocycles. The number of halogens is 2. The fourth-order valence-corrected chi connectivity index (χ4v) is 3.52. The van der Waals surface area contributed by atoms with Gasteiger partial charge in [0.1, 0.15) is 5.75 Å². The average Bonchev–Trinajstić information content (AvgIpc) is 3.00. The maximum Gasteiger partial charge on any atom is 0.209 e. The van der Waals surface area contributed by atoms with Gasteiger partial charge in [0.15, 0.2) is 0 Å². The van der Waals surface area contributed by atoms with E-state index in [1.165, 1.54) is 11.5 Å². The molecule has 26 heavy (non-hydrogen) atoms. The van der Waals surface area contributed by atoms with Crippen LogP contribution in [0.1, 0.15) is 19.4 Å². The molecule has 0 bridgehead atoms. The van der Waals surface area contributed by atoms with Gasteiger partial charge in [-0.25, -0.2) is 4.99 Å². The van der Waals surface area contributed by atoms with E-state index in [9.17, 15) is 0 Å². The Morgan fingerprint density at radius 3 is 2.73 bits per heavy atom. The van der Waals surface area contributed by atoms with Crippen LogP contribution in [0.2, 0.25) is 10.0 Å². The summed E-state index contributed by atoms with van der Waals surface area (Å²) < 4.78 is 10.4. The fraction of sp³-hybridized carbons (Fsp3) is 0.263. The fourth-order valence-electron chi connectivity index (χ4n) is 2.24. The van der Waals surface area contributed by atoms with Crippen molar-refractivity contribution < 1.29 is 4.74 Å². The van der Waals surface area contributed by atoms with Crippen LogP contribution in [0.5, 0.6) is 10.8 Å². The van der Waals surface area contributed by atoms with Gasteiger partial charge in [0.2, 0.25) is 5.06 Å². The van der Waals surface area contributed by atoms with Gasteiger partial charge in [-0.3, -0.25) is 0 Å². The van der Waals surface area contributed by atoms with E-state index in [0.29, 0.717) is 32.6 Å². The van der Waals surface area contributed by atoms with Crippen molar-refractivity contribution in [2.75, 3.05) is 7.05 Å². The molecule has 0 radical (unpaired) electrons. The first-order chi connectivity index (χ1) is 12.4. The van der Waals surface area contributed by atoms with E-state index in [2.05, 4.69) is 23.2 Å². The molecule has 3 aromatic rings. The highest BCUT2D eigenvalue weighted by Gasteiger charge is 2.14.